The number of nitrogens with zero attached hydrogens (tertiary/aromatic N) is 3. The average Bonchev–Trinajstić information content (AvgIpc) is 2.96. The van der Waals surface area contributed by atoms with E-state index in [4.69, 9.17) is 16.0 Å². The molecule has 6 nitrogen and oxygen atoms in total. The van der Waals surface area contributed by atoms with Gasteiger partial charge in [0.1, 0.15) is 5.75 Å². The van der Waals surface area contributed by atoms with Crippen LogP contribution in [0.4, 0.5) is 22.0 Å². The lowest BCUT2D eigenvalue weighted by Gasteiger charge is -2.10. The predicted molar refractivity (Wildman–Crippen MR) is 66.5 cm³/mol. The van der Waals surface area contributed by atoms with Gasteiger partial charge in [0.15, 0.2) is 5.69 Å². The number of hydrogen-bond acceptors (Lipinski definition) is 5. The molecule has 0 bridgehead atoms. The quantitative estimate of drug-likeness (QED) is 0.589. The van der Waals surface area contributed by atoms with Crippen molar-refractivity contribution in [2.75, 3.05) is 0 Å². The third-order valence-corrected chi connectivity index (χ3v) is 3.79. The van der Waals surface area contributed by atoms with Gasteiger partial charge >= 0.3 is 18.0 Å². The molecule has 2 aromatic heterocycles. The minimum atomic E-state index is -4.95. The lowest BCUT2D eigenvalue weighted by molar-refractivity contribution is -0.142. The number of halogens is 6. The molecule has 0 saturated carbocycles. The number of aryl methyl sites for hydroxylation is 1. The molecule has 0 aliphatic carbocycles. The highest BCUT2D eigenvalue weighted by Gasteiger charge is 2.42. The van der Waals surface area contributed by atoms with Crippen LogP contribution >= 0.6 is 11.6 Å². The number of hydrogen-bond donors (Lipinski definition) is 0. The van der Waals surface area contributed by atoms with Crippen LogP contribution in [0.15, 0.2) is 15.8 Å². The minimum Gasteiger partial charge on any atom is -0.607 e. The third-order valence-electron chi connectivity index (χ3n) is 2.48. The van der Waals surface area contributed by atoms with E-state index in [1.54, 1.807) is 0 Å². The van der Waals surface area contributed by atoms with Gasteiger partial charge < -0.3 is 13.7 Å². The smallest absolute Gasteiger partial charge is 0.435 e. The molecule has 1 atom stereocenters. The Morgan fingerprint density at radius 3 is 2.61 bits per heavy atom. The van der Waals surface area contributed by atoms with E-state index >= 15 is 0 Å². The first kappa shape index (κ1) is 17.8. The number of rotatable bonds is 5. The van der Waals surface area contributed by atoms with Crippen molar-refractivity contribution in [1.29, 1.82) is 0 Å². The summed E-state index contributed by atoms with van der Waals surface area (Å²) in [7, 11) is 0.987. The first-order valence-electron chi connectivity index (χ1n) is 5.67. The minimum absolute atomic E-state index is 0.223. The van der Waals surface area contributed by atoms with E-state index < -0.39 is 52.1 Å². The van der Waals surface area contributed by atoms with Crippen molar-refractivity contribution < 1.29 is 35.7 Å². The fourth-order valence-corrected chi connectivity index (χ4v) is 2.85. The molecule has 0 N–H and O–H groups in total. The fourth-order valence-electron chi connectivity index (χ4n) is 1.68. The maximum atomic E-state index is 13.0. The molecule has 2 rings (SSSR count). The van der Waals surface area contributed by atoms with Crippen LogP contribution in [0.3, 0.4) is 0 Å². The van der Waals surface area contributed by atoms with Crippen molar-refractivity contribution in [1.82, 2.24) is 14.8 Å². The number of alkyl halides is 5. The second-order valence-electron chi connectivity index (χ2n) is 4.05. The van der Waals surface area contributed by atoms with E-state index in [-0.39, 0.29) is 5.22 Å². The van der Waals surface area contributed by atoms with E-state index in [0.29, 0.717) is 4.68 Å². The first-order chi connectivity index (χ1) is 10.6. The Hall–Kier alpha value is -1.53. The molecule has 0 saturated heterocycles. The van der Waals surface area contributed by atoms with Crippen molar-refractivity contribution in [2.24, 2.45) is 7.05 Å². The molecular weight excluding hydrogens is 373 g/mol. The van der Waals surface area contributed by atoms with Crippen LogP contribution < -0.4 is 4.74 Å². The zero-order chi connectivity index (χ0) is 17.4. The highest BCUT2D eigenvalue weighted by atomic mass is 35.5. The van der Waals surface area contributed by atoms with Crippen LogP contribution in [-0.4, -0.2) is 25.9 Å². The molecule has 128 valence electrons. The molecule has 0 aliphatic rings. The first-order valence-corrected chi connectivity index (χ1v) is 7.37. The van der Waals surface area contributed by atoms with Gasteiger partial charge in [-0.05, 0) is 11.6 Å². The Morgan fingerprint density at radius 2 is 2.13 bits per heavy atom. The molecular formula is C10H7ClF5N3O3S. The number of ether oxygens (including phenoxy) is 1. The Bertz CT molecular complexity index is 690. The van der Waals surface area contributed by atoms with Crippen LogP contribution in [0.1, 0.15) is 11.3 Å². The maximum absolute atomic E-state index is 13.0. The van der Waals surface area contributed by atoms with E-state index in [1.165, 1.54) is 0 Å². The summed E-state index contributed by atoms with van der Waals surface area (Å²) in [6, 6.07) is 0. The zero-order valence-corrected chi connectivity index (χ0v) is 12.7. The van der Waals surface area contributed by atoms with Crippen LogP contribution in [-0.2, 0) is 30.2 Å². The summed E-state index contributed by atoms with van der Waals surface area (Å²) in [6.07, 6.45) is -3.95. The predicted octanol–water partition coefficient (Wildman–Crippen LogP) is 2.99. The molecule has 0 fully saturated rings. The standard InChI is InChI=1S/C10H7ClF5N3O3S/c1-19-7(22-8(12)13)4(6(18-19)10(14,15)16)3-23(20)9-17-2-5(11)21-9/h2,8H,3H2,1H3. The van der Waals surface area contributed by atoms with E-state index in [1.807, 2.05) is 0 Å². The third kappa shape index (κ3) is 4.06. The summed E-state index contributed by atoms with van der Waals surface area (Å²) in [6.45, 7) is -3.38. The molecule has 0 spiro atoms. The molecule has 0 radical (unpaired) electrons. The van der Waals surface area contributed by atoms with Crippen molar-refractivity contribution in [3.05, 3.63) is 22.7 Å². The van der Waals surface area contributed by atoms with E-state index in [0.717, 1.165) is 13.2 Å². The fraction of sp³-hybridized carbons (Fsp3) is 0.400. The van der Waals surface area contributed by atoms with Gasteiger partial charge in [0.05, 0.1) is 22.9 Å². The van der Waals surface area contributed by atoms with Crippen molar-refractivity contribution >= 4 is 22.8 Å². The Morgan fingerprint density at radius 1 is 1.48 bits per heavy atom. The van der Waals surface area contributed by atoms with Gasteiger partial charge in [-0.15, -0.1) is 0 Å². The highest BCUT2D eigenvalue weighted by molar-refractivity contribution is 7.90. The summed E-state index contributed by atoms with van der Waals surface area (Å²) in [5.74, 6) is -1.69. The van der Waals surface area contributed by atoms with Gasteiger partial charge in [0.2, 0.25) is 11.1 Å². The van der Waals surface area contributed by atoms with Gasteiger partial charge in [-0.2, -0.15) is 32.0 Å². The summed E-state index contributed by atoms with van der Waals surface area (Å²) in [5.41, 5.74) is -2.28. The lowest BCUT2D eigenvalue weighted by Crippen LogP contribution is -2.14. The van der Waals surface area contributed by atoms with Crippen LogP contribution in [0.25, 0.3) is 0 Å². The Labute approximate surface area is 133 Å². The van der Waals surface area contributed by atoms with Crippen LogP contribution in [0, 0.1) is 0 Å². The molecule has 2 aromatic rings. The van der Waals surface area contributed by atoms with Crippen molar-refractivity contribution in [3.8, 4) is 5.88 Å². The summed E-state index contributed by atoms with van der Waals surface area (Å²) in [5, 5.41) is 2.44. The van der Waals surface area contributed by atoms with Gasteiger partial charge in [-0.25, -0.2) is 4.68 Å². The number of oxazole rings is 1. The second kappa shape index (κ2) is 6.53. The summed E-state index contributed by atoms with van der Waals surface area (Å²) < 4.78 is 84.9. The zero-order valence-electron chi connectivity index (χ0n) is 11.1. The second-order valence-corrected chi connectivity index (χ2v) is 5.75. The van der Waals surface area contributed by atoms with E-state index in [2.05, 4.69) is 14.8 Å². The Kier molecular flexibility index (Phi) is 5.06. The highest BCUT2D eigenvalue weighted by Crippen LogP contribution is 2.37. The summed E-state index contributed by atoms with van der Waals surface area (Å²) in [4.78, 5) is 3.50. The van der Waals surface area contributed by atoms with Gasteiger partial charge in [-0.1, -0.05) is 0 Å². The molecule has 1 unspecified atom stereocenters. The molecule has 0 aromatic carbocycles. The Balaban J connectivity index is 2.41. The number of aromatic nitrogens is 3. The van der Waals surface area contributed by atoms with Crippen LogP contribution in [0.5, 0.6) is 5.88 Å². The average molecular weight is 380 g/mol. The topological polar surface area (TPSA) is 76.1 Å². The summed E-state index contributed by atoms with van der Waals surface area (Å²) >= 11 is 3.22. The van der Waals surface area contributed by atoms with E-state index in [9.17, 15) is 26.5 Å². The molecule has 23 heavy (non-hydrogen) atoms. The van der Waals surface area contributed by atoms with Crippen molar-refractivity contribution in [2.45, 2.75) is 23.8 Å². The normalized spacial score (nSPS) is 13.6. The van der Waals surface area contributed by atoms with Gasteiger partial charge in [-0.3, -0.25) is 0 Å². The molecule has 0 aliphatic heterocycles. The SMILES string of the molecule is Cn1nc(C(F)(F)F)c(C[S+]([O-])c2ncc(Cl)o2)c1OC(F)F. The molecule has 2 heterocycles. The van der Waals surface area contributed by atoms with Crippen LogP contribution in [0.2, 0.25) is 5.22 Å². The molecule has 0 amide bonds. The molecule has 13 heteroatoms. The largest absolute Gasteiger partial charge is 0.607 e. The van der Waals surface area contributed by atoms with Gasteiger partial charge in [0.25, 0.3) is 0 Å². The van der Waals surface area contributed by atoms with Gasteiger partial charge in [0, 0.05) is 7.05 Å². The maximum Gasteiger partial charge on any atom is 0.435 e. The monoisotopic (exact) mass is 379 g/mol. The van der Waals surface area contributed by atoms with Crippen molar-refractivity contribution in [3.63, 3.8) is 0 Å². The lowest BCUT2D eigenvalue weighted by atomic mass is 10.2.